The molecule has 0 aromatic rings. The summed E-state index contributed by atoms with van der Waals surface area (Å²) < 4.78 is 0. The van der Waals surface area contributed by atoms with Crippen molar-refractivity contribution >= 4 is 5.97 Å². The van der Waals surface area contributed by atoms with E-state index >= 15 is 0 Å². The third kappa shape index (κ3) is 8.96. The van der Waals surface area contributed by atoms with Crippen LogP contribution in [-0.4, -0.2) is 17.6 Å². The molecule has 0 heterocycles. The Bertz CT molecular complexity index is 160. The fraction of sp³-hybridized carbons (Fsp3) is 0.778. The molecule has 0 amide bonds. The number of hydrogen-bond acceptors (Lipinski definition) is 1. The van der Waals surface area contributed by atoms with Crippen molar-refractivity contribution in [2.45, 2.75) is 38.5 Å². The Balaban J connectivity index is 2.92. The monoisotopic (exact) mass is 169 g/mol. The second-order valence-electron chi connectivity index (χ2n) is 2.79. The molecule has 0 fully saturated rings. The Kier molecular flexibility index (Phi) is 7.36. The van der Waals surface area contributed by atoms with Gasteiger partial charge in [0, 0.05) is 12.8 Å². The molecule has 68 valence electrons. The highest BCUT2D eigenvalue weighted by atomic mass is 16.4. The molecule has 0 saturated heterocycles. The van der Waals surface area contributed by atoms with Gasteiger partial charge in [0.15, 0.2) is 0 Å². The Morgan fingerprint density at radius 1 is 1.17 bits per heavy atom. The van der Waals surface area contributed by atoms with Crippen LogP contribution in [0.2, 0.25) is 0 Å². The SMILES string of the molecule is [C-]#[N+]CCCCCCCC(=O)O. The van der Waals surface area contributed by atoms with Crippen LogP contribution in [-0.2, 0) is 4.79 Å². The molecule has 12 heavy (non-hydrogen) atoms. The van der Waals surface area contributed by atoms with Gasteiger partial charge in [0.25, 0.3) is 0 Å². The highest BCUT2D eigenvalue weighted by molar-refractivity contribution is 5.66. The van der Waals surface area contributed by atoms with E-state index in [0.717, 1.165) is 32.1 Å². The summed E-state index contributed by atoms with van der Waals surface area (Å²) in [6, 6.07) is 0. The third-order valence-corrected chi connectivity index (χ3v) is 1.66. The summed E-state index contributed by atoms with van der Waals surface area (Å²) in [5.41, 5.74) is 0. The summed E-state index contributed by atoms with van der Waals surface area (Å²) >= 11 is 0. The average molecular weight is 169 g/mol. The van der Waals surface area contributed by atoms with Crippen LogP contribution in [0.15, 0.2) is 0 Å². The van der Waals surface area contributed by atoms with Crippen molar-refractivity contribution < 1.29 is 9.90 Å². The standard InChI is InChI=1S/C9H15NO2/c1-10-8-6-4-2-3-5-7-9(11)12/h2-8H2,(H,11,12). The molecule has 0 aliphatic carbocycles. The number of aliphatic carboxylic acids is 1. The fourth-order valence-electron chi connectivity index (χ4n) is 0.997. The molecular weight excluding hydrogens is 154 g/mol. The summed E-state index contributed by atoms with van der Waals surface area (Å²) in [7, 11) is 0. The van der Waals surface area contributed by atoms with Gasteiger partial charge in [-0.2, -0.15) is 0 Å². The second-order valence-corrected chi connectivity index (χ2v) is 2.79. The van der Waals surface area contributed by atoms with Gasteiger partial charge in [-0.3, -0.25) is 4.79 Å². The molecule has 3 nitrogen and oxygen atoms in total. The Labute approximate surface area is 73.2 Å². The van der Waals surface area contributed by atoms with E-state index in [9.17, 15) is 4.79 Å². The molecule has 1 N–H and O–H groups in total. The van der Waals surface area contributed by atoms with Crippen molar-refractivity contribution in [2.75, 3.05) is 6.54 Å². The van der Waals surface area contributed by atoms with Crippen LogP contribution in [0.25, 0.3) is 4.85 Å². The minimum Gasteiger partial charge on any atom is -0.481 e. The molecule has 0 aliphatic heterocycles. The van der Waals surface area contributed by atoms with E-state index in [0.29, 0.717) is 6.54 Å². The number of rotatable bonds is 7. The lowest BCUT2D eigenvalue weighted by molar-refractivity contribution is -0.137. The van der Waals surface area contributed by atoms with Crippen molar-refractivity contribution in [1.29, 1.82) is 0 Å². The molecule has 0 radical (unpaired) electrons. The van der Waals surface area contributed by atoms with Crippen LogP contribution >= 0.6 is 0 Å². The van der Waals surface area contributed by atoms with Gasteiger partial charge in [-0.1, -0.05) is 12.8 Å². The predicted molar refractivity (Wildman–Crippen MR) is 46.8 cm³/mol. The van der Waals surface area contributed by atoms with Crippen LogP contribution in [0.3, 0.4) is 0 Å². The van der Waals surface area contributed by atoms with Crippen LogP contribution in [0.4, 0.5) is 0 Å². The Hall–Kier alpha value is -1.04. The molecule has 0 aromatic heterocycles. The zero-order valence-corrected chi connectivity index (χ0v) is 7.25. The summed E-state index contributed by atoms with van der Waals surface area (Å²) in [6.45, 7) is 7.13. The number of carbonyl (C=O) groups is 1. The first kappa shape index (κ1) is 11.0. The molecular formula is C9H15NO2. The van der Waals surface area contributed by atoms with E-state index in [1.54, 1.807) is 0 Å². The summed E-state index contributed by atoms with van der Waals surface area (Å²) in [5, 5.41) is 8.31. The number of carboxylic acid groups (broad SMARTS) is 1. The van der Waals surface area contributed by atoms with Gasteiger partial charge in [-0.25, -0.2) is 6.57 Å². The Morgan fingerprint density at radius 3 is 2.33 bits per heavy atom. The van der Waals surface area contributed by atoms with E-state index in [1.807, 2.05) is 0 Å². The van der Waals surface area contributed by atoms with Crippen LogP contribution in [0.5, 0.6) is 0 Å². The number of hydrogen-bond donors (Lipinski definition) is 1. The Morgan fingerprint density at radius 2 is 1.75 bits per heavy atom. The first-order chi connectivity index (χ1) is 5.77. The summed E-state index contributed by atoms with van der Waals surface area (Å²) in [6.07, 6.45) is 5.10. The highest BCUT2D eigenvalue weighted by Crippen LogP contribution is 2.05. The van der Waals surface area contributed by atoms with Crippen molar-refractivity contribution in [1.82, 2.24) is 0 Å². The second kappa shape index (κ2) is 8.06. The average Bonchev–Trinajstić information content (AvgIpc) is 2.02. The van der Waals surface area contributed by atoms with Crippen molar-refractivity contribution in [3.8, 4) is 0 Å². The van der Waals surface area contributed by atoms with Crippen LogP contribution < -0.4 is 0 Å². The van der Waals surface area contributed by atoms with E-state index in [2.05, 4.69) is 4.85 Å². The quantitative estimate of drug-likeness (QED) is 0.469. The van der Waals surface area contributed by atoms with Gasteiger partial charge >= 0.3 is 5.97 Å². The van der Waals surface area contributed by atoms with Gasteiger partial charge in [-0.15, -0.1) is 0 Å². The van der Waals surface area contributed by atoms with Gasteiger partial charge in [0.2, 0.25) is 6.54 Å². The predicted octanol–water partition coefficient (Wildman–Crippen LogP) is 2.33. The summed E-state index contributed by atoms with van der Waals surface area (Å²) in [4.78, 5) is 13.3. The first-order valence-corrected chi connectivity index (χ1v) is 4.32. The molecule has 3 heteroatoms. The molecule has 0 spiro atoms. The van der Waals surface area contributed by atoms with E-state index in [-0.39, 0.29) is 6.42 Å². The highest BCUT2D eigenvalue weighted by Gasteiger charge is 1.96. The maximum atomic E-state index is 10.1. The van der Waals surface area contributed by atoms with Gasteiger partial charge in [-0.05, 0) is 12.8 Å². The molecule has 0 bridgehead atoms. The van der Waals surface area contributed by atoms with Gasteiger partial charge < -0.3 is 9.95 Å². The topological polar surface area (TPSA) is 41.7 Å². The molecule has 0 atom stereocenters. The normalized spacial score (nSPS) is 9.25. The first-order valence-electron chi connectivity index (χ1n) is 4.32. The maximum absolute atomic E-state index is 10.1. The fourth-order valence-corrected chi connectivity index (χ4v) is 0.997. The summed E-state index contributed by atoms with van der Waals surface area (Å²) in [5.74, 6) is -0.712. The molecule has 0 aromatic carbocycles. The van der Waals surface area contributed by atoms with Crippen LogP contribution in [0.1, 0.15) is 38.5 Å². The number of carboxylic acids is 1. The molecule has 0 aliphatic rings. The lowest BCUT2D eigenvalue weighted by Gasteiger charge is -1.95. The maximum Gasteiger partial charge on any atom is 0.303 e. The van der Waals surface area contributed by atoms with E-state index in [1.165, 1.54) is 0 Å². The zero-order valence-electron chi connectivity index (χ0n) is 7.25. The minimum atomic E-state index is -0.712. The van der Waals surface area contributed by atoms with Crippen molar-refractivity contribution in [2.24, 2.45) is 0 Å². The van der Waals surface area contributed by atoms with Gasteiger partial charge in [0.1, 0.15) is 0 Å². The number of unbranched alkanes of at least 4 members (excludes halogenated alkanes) is 4. The number of nitrogens with zero attached hydrogens (tertiary/aromatic N) is 1. The molecule has 0 unspecified atom stereocenters. The smallest absolute Gasteiger partial charge is 0.303 e. The third-order valence-electron chi connectivity index (χ3n) is 1.66. The lowest BCUT2D eigenvalue weighted by Crippen LogP contribution is -1.93. The van der Waals surface area contributed by atoms with E-state index in [4.69, 9.17) is 11.7 Å². The largest absolute Gasteiger partial charge is 0.481 e. The van der Waals surface area contributed by atoms with Crippen LogP contribution in [0, 0.1) is 6.57 Å². The van der Waals surface area contributed by atoms with E-state index < -0.39 is 5.97 Å². The van der Waals surface area contributed by atoms with Crippen molar-refractivity contribution in [3.63, 3.8) is 0 Å². The van der Waals surface area contributed by atoms with Crippen molar-refractivity contribution in [3.05, 3.63) is 11.4 Å². The molecule has 0 rings (SSSR count). The zero-order chi connectivity index (χ0) is 9.23. The lowest BCUT2D eigenvalue weighted by atomic mass is 10.1. The minimum absolute atomic E-state index is 0.281. The van der Waals surface area contributed by atoms with Gasteiger partial charge in [0.05, 0.1) is 0 Å². The molecule has 0 saturated carbocycles.